The van der Waals surface area contributed by atoms with Crippen LogP contribution in [0, 0.1) is 0 Å². The second-order valence-corrected chi connectivity index (χ2v) is 5.75. The van der Waals surface area contributed by atoms with Gasteiger partial charge >= 0.3 is 0 Å². The summed E-state index contributed by atoms with van der Waals surface area (Å²) >= 11 is 0. The first-order valence-electron chi connectivity index (χ1n) is 7.51. The van der Waals surface area contributed by atoms with Crippen molar-refractivity contribution in [3.63, 3.8) is 0 Å². The molecule has 0 aliphatic carbocycles. The summed E-state index contributed by atoms with van der Waals surface area (Å²) in [6, 6.07) is 8.42. The van der Waals surface area contributed by atoms with Crippen LogP contribution in [0.5, 0.6) is 0 Å². The Kier molecular flexibility index (Phi) is 4.24. The maximum absolute atomic E-state index is 9.50. The quantitative estimate of drug-likeness (QED) is 0.898. The summed E-state index contributed by atoms with van der Waals surface area (Å²) < 4.78 is 7.58. The maximum atomic E-state index is 9.50. The Labute approximate surface area is 125 Å². The van der Waals surface area contributed by atoms with Gasteiger partial charge in [-0.15, -0.1) is 0 Å². The van der Waals surface area contributed by atoms with E-state index in [1.54, 1.807) is 7.11 Å². The Balaban J connectivity index is 1.70. The number of methoxy groups -OCH3 is 1. The Bertz CT molecular complexity index is 611. The van der Waals surface area contributed by atoms with Crippen molar-refractivity contribution < 1.29 is 9.84 Å². The van der Waals surface area contributed by atoms with E-state index in [4.69, 9.17) is 9.72 Å². The lowest BCUT2D eigenvalue weighted by Gasteiger charge is -2.21. The minimum absolute atomic E-state index is 0.197. The molecule has 1 fully saturated rings. The molecule has 1 N–H and O–H groups in total. The van der Waals surface area contributed by atoms with Crippen LogP contribution in [0.4, 0.5) is 0 Å². The summed E-state index contributed by atoms with van der Waals surface area (Å²) in [7, 11) is 3.81. The Hall–Kier alpha value is -1.43. The summed E-state index contributed by atoms with van der Waals surface area (Å²) in [5.74, 6) is 1.09. The third-order valence-electron chi connectivity index (χ3n) is 4.54. The molecule has 2 aromatic rings. The van der Waals surface area contributed by atoms with Gasteiger partial charge < -0.3 is 14.4 Å². The van der Waals surface area contributed by atoms with Gasteiger partial charge in [0.2, 0.25) is 0 Å². The van der Waals surface area contributed by atoms with Crippen LogP contribution in [0.2, 0.25) is 0 Å². The second-order valence-electron chi connectivity index (χ2n) is 5.75. The molecule has 0 spiro atoms. The summed E-state index contributed by atoms with van der Waals surface area (Å²) in [6.45, 7) is 2.00. The topological polar surface area (TPSA) is 50.5 Å². The number of benzene rings is 1. The Morgan fingerprint density at radius 3 is 2.90 bits per heavy atom. The van der Waals surface area contributed by atoms with Crippen LogP contribution in [0.25, 0.3) is 11.0 Å². The van der Waals surface area contributed by atoms with E-state index < -0.39 is 0 Å². The number of rotatable bonds is 5. The summed E-state index contributed by atoms with van der Waals surface area (Å²) in [5.41, 5.74) is 2.22. The number of nitrogens with zero attached hydrogens (tertiary/aromatic N) is 3. The molecule has 1 aromatic heterocycles. The minimum atomic E-state index is 0.197. The van der Waals surface area contributed by atoms with Gasteiger partial charge in [-0.1, -0.05) is 12.1 Å². The molecule has 1 aromatic carbocycles. The molecule has 2 heterocycles. The molecule has 3 rings (SSSR count). The second kappa shape index (κ2) is 6.13. The van der Waals surface area contributed by atoms with Crippen LogP contribution >= 0.6 is 0 Å². The van der Waals surface area contributed by atoms with Crippen molar-refractivity contribution in [1.29, 1.82) is 0 Å². The van der Waals surface area contributed by atoms with E-state index in [-0.39, 0.29) is 18.8 Å². The highest BCUT2D eigenvalue weighted by Gasteiger charge is 2.31. The molecule has 21 heavy (non-hydrogen) atoms. The molecule has 0 radical (unpaired) electrons. The highest BCUT2D eigenvalue weighted by molar-refractivity contribution is 5.75. The fraction of sp³-hybridized carbons (Fsp3) is 0.562. The third-order valence-corrected chi connectivity index (χ3v) is 4.54. The first kappa shape index (κ1) is 14.5. The number of aliphatic hydroxyl groups is 1. The predicted molar refractivity (Wildman–Crippen MR) is 82.3 cm³/mol. The van der Waals surface area contributed by atoms with Crippen LogP contribution in [0.3, 0.4) is 0 Å². The summed E-state index contributed by atoms with van der Waals surface area (Å²) in [6.07, 6.45) is 2.04. The van der Waals surface area contributed by atoms with Gasteiger partial charge in [0.1, 0.15) is 5.82 Å². The molecule has 1 aliphatic heterocycles. The molecule has 0 bridgehead atoms. The van der Waals surface area contributed by atoms with Crippen LogP contribution in [-0.2, 0) is 18.2 Å². The number of fused-ring (bicyclic) bond motifs is 1. The molecule has 0 amide bonds. The number of hydrogen-bond donors (Lipinski definition) is 1. The van der Waals surface area contributed by atoms with Gasteiger partial charge in [-0.25, -0.2) is 4.98 Å². The van der Waals surface area contributed by atoms with E-state index in [0.717, 1.165) is 37.3 Å². The normalized spacial score (nSPS) is 23.2. The first-order chi connectivity index (χ1) is 10.2. The zero-order valence-electron chi connectivity index (χ0n) is 12.7. The Morgan fingerprint density at radius 2 is 2.19 bits per heavy atom. The van der Waals surface area contributed by atoms with Crippen molar-refractivity contribution in [2.24, 2.45) is 7.05 Å². The van der Waals surface area contributed by atoms with E-state index in [1.165, 1.54) is 5.52 Å². The van der Waals surface area contributed by atoms with Gasteiger partial charge in [0, 0.05) is 39.7 Å². The predicted octanol–water partition coefficient (Wildman–Crippen LogP) is 1.20. The number of aromatic nitrogens is 2. The van der Waals surface area contributed by atoms with Crippen molar-refractivity contribution in [3.8, 4) is 0 Å². The van der Waals surface area contributed by atoms with Gasteiger partial charge in [-0.3, -0.25) is 4.90 Å². The molecular formula is C16H23N3O2. The SMILES string of the molecule is CO[C@@H]1C[C@@H](CO)N(CCc2nc3ccccc3n2C)C1. The average molecular weight is 289 g/mol. The lowest BCUT2D eigenvalue weighted by atomic mass is 10.2. The van der Waals surface area contributed by atoms with Gasteiger partial charge in [0.15, 0.2) is 0 Å². The van der Waals surface area contributed by atoms with Crippen LogP contribution in [0.1, 0.15) is 12.2 Å². The molecular weight excluding hydrogens is 266 g/mol. The molecule has 0 saturated carbocycles. The monoisotopic (exact) mass is 289 g/mol. The van der Waals surface area contributed by atoms with Gasteiger partial charge in [0.25, 0.3) is 0 Å². The maximum Gasteiger partial charge on any atom is 0.110 e. The number of aryl methyl sites for hydroxylation is 1. The van der Waals surface area contributed by atoms with Gasteiger partial charge in [0.05, 0.1) is 23.7 Å². The number of likely N-dealkylation sites (tertiary alicyclic amines) is 1. The van der Waals surface area contributed by atoms with Gasteiger partial charge in [-0.05, 0) is 18.6 Å². The third kappa shape index (κ3) is 2.81. The average Bonchev–Trinajstić information content (AvgIpc) is 3.06. The van der Waals surface area contributed by atoms with E-state index >= 15 is 0 Å². The van der Waals surface area contributed by atoms with E-state index in [9.17, 15) is 5.11 Å². The largest absolute Gasteiger partial charge is 0.395 e. The molecule has 114 valence electrons. The van der Waals surface area contributed by atoms with Crippen molar-refractivity contribution in [2.45, 2.75) is 25.0 Å². The van der Waals surface area contributed by atoms with E-state index in [1.807, 2.05) is 18.2 Å². The lowest BCUT2D eigenvalue weighted by molar-refractivity contribution is 0.108. The number of imidazole rings is 1. The molecule has 1 aliphatic rings. The van der Waals surface area contributed by atoms with Gasteiger partial charge in [-0.2, -0.15) is 0 Å². The number of ether oxygens (including phenoxy) is 1. The number of para-hydroxylation sites is 2. The zero-order valence-corrected chi connectivity index (χ0v) is 12.7. The fourth-order valence-electron chi connectivity index (χ4n) is 3.23. The number of hydrogen-bond acceptors (Lipinski definition) is 4. The zero-order chi connectivity index (χ0) is 14.8. The smallest absolute Gasteiger partial charge is 0.110 e. The molecule has 5 heteroatoms. The highest BCUT2D eigenvalue weighted by Crippen LogP contribution is 2.21. The van der Waals surface area contributed by atoms with Crippen LogP contribution in [-0.4, -0.2) is 58.5 Å². The molecule has 1 saturated heterocycles. The molecule has 2 atom stereocenters. The summed E-state index contributed by atoms with van der Waals surface area (Å²) in [5, 5.41) is 9.50. The van der Waals surface area contributed by atoms with Crippen molar-refractivity contribution in [1.82, 2.24) is 14.5 Å². The van der Waals surface area contributed by atoms with Crippen LogP contribution in [0.15, 0.2) is 24.3 Å². The van der Waals surface area contributed by atoms with E-state index in [2.05, 4.69) is 22.6 Å². The van der Waals surface area contributed by atoms with Crippen molar-refractivity contribution >= 4 is 11.0 Å². The fourth-order valence-corrected chi connectivity index (χ4v) is 3.23. The summed E-state index contributed by atoms with van der Waals surface area (Å²) in [4.78, 5) is 7.02. The van der Waals surface area contributed by atoms with E-state index in [0.29, 0.717) is 0 Å². The first-order valence-corrected chi connectivity index (χ1v) is 7.51. The molecule has 0 unspecified atom stereocenters. The Morgan fingerprint density at radius 1 is 1.38 bits per heavy atom. The standard InChI is InChI=1S/C16H23N3O2/c1-18-15-6-4-3-5-14(15)17-16(18)7-8-19-10-13(21-2)9-12(19)11-20/h3-6,12-13,20H,7-11H2,1-2H3/t12-,13+/m0/s1. The minimum Gasteiger partial charge on any atom is -0.395 e. The highest BCUT2D eigenvalue weighted by atomic mass is 16.5. The van der Waals surface area contributed by atoms with Crippen molar-refractivity contribution in [3.05, 3.63) is 30.1 Å². The van der Waals surface area contributed by atoms with Crippen molar-refractivity contribution in [2.75, 3.05) is 26.8 Å². The lowest BCUT2D eigenvalue weighted by Crippen LogP contribution is -2.34. The molecule has 5 nitrogen and oxygen atoms in total. The number of aliphatic hydroxyl groups excluding tert-OH is 1. The van der Waals surface area contributed by atoms with Crippen LogP contribution < -0.4 is 0 Å².